The number of thiophene rings is 1. The molecule has 0 bridgehead atoms. The Morgan fingerprint density at radius 3 is 2.65 bits per heavy atom. The van der Waals surface area contributed by atoms with Crippen LogP contribution in [0.15, 0.2) is 39.9 Å². The van der Waals surface area contributed by atoms with Crippen LogP contribution < -0.4 is 10.5 Å². The maximum Gasteiger partial charge on any atom is 0.271 e. The highest BCUT2D eigenvalue weighted by Crippen LogP contribution is 2.23. The van der Waals surface area contributed by atoms with E-state index in [1.807, 2.05) is 6.92 Å². The summed E-state index contributed by atoms with van der Waals surface area (Å²) < 4.78 is 26.8. The second-order valence-corrected chi connectivity index (χ2v) is 6.47. The van der Waals surface area contributed by atoms with Crippen LogP contribution >= 0.6 is 11.3 Å². The van der Waals surface area contributed by atoms with E-state index < -0.39 is 10.0 Å². The van der Waals surface area contributed by atoms with Crippen LogP contribution in [0, 0.1) is 6.92 Å². The summed E-state index contributed by atoms with van der Waals surface area (Å²) in [5.74, 6) is 0. The molecule has 0 spiro atoms. The monoisotopic (exact) mass is 268 g/mol. The Bertz CT molecular complexity index is 619. The largest absolute Gasteiger partial charge is 0.399 e. The third kappa shape index (κ3) is 2.59. The fraction of sp³-hybridized carbons (Fsp3) is 0.0909. The Hall–Kier alpha value is -1.53. The van der Waals surface area contributed by atoms with Crippen molar-refractivity contribution >= 4 is 32.7 Å². The molecule has 0 radical (unpaired) electrons. The highest BCUT2D eigenvalue weighted by Gasteiger charge is 2.15. The molecule has 17 heavy (non-hydrogen) atoms. The first kappa shape index (κ1) is 11.9. The lowest BCUT2D eigenvalue weighted by molar-refractivity contribution is 0.603. The van der Waals surface area contributed by atoms with Gasteiger partial charge in [-0.25, -0.2) is 8.42 Å². The Morgan fingerprint density at radius 1 is 1.29 bits per heavy atom. The third-order valence-electron chi connectivity index (χ3n) is 2.25. The molecule has 0 aliphatic heterocycles. The second kappa shape index (κ2) is 4.38. The lowest BCUT2D eigenvalue weighted by Gasteiger charge is -2.09. The minimum absolute atomic E-state index is 0.300. The van der Waals surface area contributed by atoms with Crippen molar-refractivity contribution in [1.82, 2.24) is 0 Å². The first-order chi connectivity index (χ1) is 7.99. The summed E-state index contributed by atoms with van der Waals surface area (Å²) in [6.07, 6.45) is 0. The summed E-state index contributed by atoms with van der Waals surface area (Å²) in [5.41, 5.74) is 7.57. The summed E-state index contributed by atoms with van der Waals surface area (Å²) in [5, 5.41) is 1.73. The molecule has 1 aromatic carbocycles. The highest BCUT2D eigenvalue weighted by molar-refractivity contribution is 7.94. The molecular formula is C11H12N2O2S2. The van der Waals surface area contributed by atoms with Gasteiger partial charge in [0.05, 0.1) is 5.69 Å². The average molecular weight is 268 g/mol. The molecule has 0 unspecified atom stereocenters. The van der Waals surface area contributed by atoms with Crippen LogP contribution in [0.25, 0.3) is 0 Å². The Morgan fingerprint density at radius 2 is 2.06 bits per heavy atom. The Balaban J connectivity index is 2.33. The van der Waals surface area contributed by atoms with Crippen LogP contribution in [0.2, 0.25) is 0 Å². The topological polar surface area (TPSA) is 72.2 Å². The van der Waals surface area contributed by atoms with E-state index in [9.17, 15) is 8.42 Å². The summed E-state index contributed by atoms with van der Waals surface area (Å²) in [6, 6.07) is 8.33. The first-order valence-electron chi connectivity index (χ1n) is 4.91. The van der Waals surface area contributed by atoms with Crippen LogP contribution in [-0.4, -0.2) is 8.42 Å². The number of nitrogen functional groups attached to an aromatic ring is 1. The molecule has 0 saturated heterocycles. The van der Waals surface area contributed by atoms with Gasteiger partial charge in [0.25, 0.3) is 10.0 Å². The zero-order valence-corrected chi connectivity index (χ0v) is 10.8. The zero-order chi connectivity index (χ0) is 12.5. The molecule has 4 nitrogen and oxygen atoms in total. The van der Waals surface area contributed by atoms with Crippen molar-refractivity contribution in [3.05, 3.63) is 41.3 Å². The van der Waals surface area contributed by atoms with Crippen LogP contribution in [-0.2, 0) is 10.0 Å². The van der Waals surface area contributed by atoms with Gasteiger partial charge in [-0.2, -0.15) is 0 Å². The van der Waals surface area contributed by atoms with E-state index >= 15 is 0 Å². The lowest BCUT2D eigenvalue weighted by Crippen LogP contribution is -2.12. The van der Waals surface area contributed by atoms with Gasteiger partial charge in [-0.15, -0.1) is 11.3 Å². The SMILES string of the molecule is Cc1cc(N)ccc1NS(=O)(=O)c1cccs1. The average Bonchev–Trinajstić information content (AvgIpc) is 2.76. The summed E-state index contributed by atoms with van der Waals surface area (Å²) in [7, 11) is -3.48. The van der Waals surface area contributed by atoms with Gasteiger partial charge in [0.2, 0.25) is 0 Å². The number of nitrogens with one attached hydrogen (secondary N) is 1. The van der Waals surface area contributed by atoms with Gasteiger partial charge in [0.15, 0.2) is 0 Å². The quantitative estimate of drug-likeness (QED) is 0.840. The normalized spacial score (nSPS) is 11.4. The number of rotatable bonds is 3. The van der Waals surface area contributed by atoms with Crippen molar-refractivity contribution in [2.75, 3.05) is 10.5 Å². The zero-order valence-electron chi connectivity index (χ0n) is 9.17. The second-order valence-electron chi connectivity index (χ2n) is 3.61. The molecule has 2 rings (SSSR count). The van der Waals surface area contributed by atoms with E-state index in [-0.39, 0.29) is 0 Å². The van der Waals surface area contributed by atoms with Gasteiger partial charge in [0.1, 0.15) is 4.21 Å². The number of hydrogen-bond acceptors (Lipinski definition) is 4. The first-order valence-corrected chi connectivity index (χ1v) is 7.28. The molecule has 1 aromatic heterocycles. The van der Waals surface area contributed by atoms with Crippen molar-refractivity contribution in [3.8, 4) is 0 Å². The summed E-state index contributed by atoms with van der Waals surface area (Å²) in [6.45, 7) is 1.81. The van der Waals surface area contributed by atoms with Crippen LogP contribution in [0.5, 0.6) is 0 Å². The van der Waals surface area contributed by atoms with Gasteiger partial charge in [-0.05, 0) is 42.1 Å². The lowest BCUT2D eigenvalue weighted by atomic mass is 10.2. The minimum Gasteiger partial charge on any atom is -0.399 e. The number of hydrogen-bond donors (Lipinski definition) is 2. The highest BCUT2D eigenvalue weighted by atomic mass is 32.2. The maximum atomic E-state index is 12.0. The van der Waals surface area contributed by atoms with E-state index in [1.54, 1.807) is 35.7 Å². The molecule has 1 heterocycles. The van der Waals surface area contributed by atoms with Crippen molar-refractivity contribution in [3.63, 3.8) is 0 Å². The van der Waals surface area contributed by atoms with Gasteiger partial charge in [0, 0.05) is 5.69 Å². The predicted molar refractivity (Wildman–Crippen MR) is 70.7 cm³/mol. The number of benzene rings is 1. The predicted octanol–water partition coefficient (Wildman–Crippen LogP) is 2.44. The van der Waals surface area contributed by atoms with Gasteiger partial charge >= 0.3 is 0 Å². The molecule has 0 amide bonds. The van der Waals surface area contributed by atoms with E-state index in [0.717, 1.165) is 5.56 Å². The van der Waals surface area contributed by atoms with E-state index in [4.69, 9.17) is 5.73 Å². The maximum absolute atomic E-state index is 12.0. The van der Waals surface area contributed by atoms with Gasteiger partial charge in [-0.3, -0.25) is 4.72 Å². The van der Waals surface area contributed by atoms with Gasteiger partial charge in [-0.1, -0.05) is 6.07 Å². The van der Waals surface area contributed by atoms with Crippen molar-refractivity contribution in [1.29, 1.82) is 0 Å². The van der Waals surface area contributed by atoms with Crippen molar-refractivity contribution in [2.45, 2.75) is 11.1 Å². The molecule has 0 aliphatic rings. The Kier molecular flexibility index (Phi) is 3.08. The number of nitrogens with two attached hydrogens (primary N) is 1. The molecular weight excluding hydrogens is 256 g/mol. The number of sulfonamides is 1. The standard InChI is InChI=1S/C11H12N2O2S2/c1-8-7-9(12)4-5-10(8)13-17(14,15)11-3-2-6-16-11/h2-7,13H,12H2,1H3. The van der Waals surface area contributed by atoms with E-state index in [2.05, 4.69) is 4.72 Å². The van der Waals surface area contributed by atoms with Crippen molar-refractivity contribution < 1.29 is 8.42 Å². The molecule has 0 saturated carbocycles. The van der Waals surface area contributed by atoms with Crippen LogP contribution in [0.1, 0.15) is 5.56 Å². The molecule has 0 fully saturated rings. The van der Waals surface area contributed by atoms with E-state index in [1.165, 1.54) is 11.3 Å². The molecule has 2 aromatic rings. The van der Waals surface area contributed by atoms with Gasteiger partial charge < -0.3 is 5.73 Å². The van der Waals surface area contributed by atoms with Crippen LogP contribution in [0.4, 0.5) is 11.4 Å². The number of anilines is 2. The fourth-order valence-corrected chi connectivity index (χ4v) is 3.54. The Labute approximate surface area is 104 Å². The summed E-state index contributed by atoms with van der Waals surface area (Å²) >= 11 is 1.18. The molecule has 90 valence electrons. The molecule has 0 aliphatic carbocycles. The fourth-order valence-electron chi connectivity index (χ4n) is 1.41. The van der Waals surface area contributed by atoms with Crippen molar-refractivity contribution in [2.24, 2.45) is 0 Å². The molecule has 3 N–H and O–H groups in total. The van der Waals surface area contributed by atoms with Crippen LogP contribution in [0.3, 0.4) is 0 Å². The minimum atomic E-state index is -3.48. The molecule has 0 atom stereocenters. The summed E-state index contributed by atoms with van der Waals surface area (Å²) in [4.78, 5) is 0. The van der Waals surface area contributed by atoms with E-state index in [0.29, 0.717) is 15.6 Å². The third-order valence-corrected chi connectivity index (χ3v) is 5.02. The molecule has 6 heteroatoms. The smallest absolute Gasteiger partial charge is 0.271 e. The number of aryl methyl sites for hydroxylation is 1.